The number of hydrogen-bond acceptors (Lipinski definition) is 4. The Hall–Kier alpha value is -0.380. The van der Waals surface area contributed by atoms with Crippen LogP contribution < -0.4 is 5.32 Å². The van der Waals surface area contributed by atoms with E-state index in [1.54, 1.807) is 13.8 Å². The van der Waals surface area contributed by atoms with Gasteiger partial charge in [0, 0.05) is 6.04 Å². The number of nitrogens with one attached hydrogen (secondary N) is 1. The minimum Gasteiger partial charge on any atom is -0.343 e. The van der Waals surface area contributed by atoms with Gasteiger partial charge >= 0.3 is 13.2 Å². The molecule has 0 atom stereocenters. The van der Waals surface area contributed by atoms with Gasteiger partial charge in [0.1, 0.15) is 0 Å². The van der Waals surface area contributed by atoms with Crippen molar-refractivity contribution in [1.29, 1.82) is 0 Å². The van der Waals surface area contributed by atoms with E-state index in [4.69, 9.17) is 9.05 Å². The summed E-state index contributed by atoms with van der Waals surface area (Å²) in [6.45, 7) is 3.80. The first-order valence-corrected chi connectivity index (χ1v) is 7.86. The van der Waals surface area contributed by atoms with E-state index in [0.29, 0.717) is 0 Å². The normalized spacial score (nSPS) is 18.0. The second kappa shape index (κ2) is 7.14. The zero-order chi connectivity index (χ0) is 12.7. The first-order chi connectivity index (χ1) is 8.12. The monoisotopic (exact) mass is 263 g/mol. The summed E-state index contributed by atoms with van der Waals surface area (Å²) in [6, 6.07) is 0.116. The Morgan fingerprint density at radius 3 is 2.18 bits per heavy atom. The van der Waals surface area contributed by atoms with Crippen molar-refractivity contribution in [3.05, 3.63) is 0 Å². The molecule has 0 radical (unpaired) electrons. The van der Waals surface area contributed by atoms with E-state index >= 15 is 0 Å². The maximum atomic E-state index is 12.1. The maximum Gasteiger partial charge on any atom is 0.418 e. The van der Waals surface area contributed by atoms with E-state index in [1.807, 2.05) is 0 Å². The van der Waals surface area contributed by atoms with Crippen LogP contribution in [0, 0.1) is 0 Å². The van der Waals surface area contributed by atoms with Gasteiger partial charge in [0.2, 0.25) is 0 Å². The van der Waals surface area contributed by atoms with Crippen molar-refractivity contribution in [1.82, 2.24) is 5.32 Å². The molecule has 0 aromatic heterocycles. The van der Waals surface area contributed by atoms with Crippen LogP contribution >= 0.6 is 7.60 Å². The fourth-order valence-electron chi connectivity index (χ4n) is 2.00. The number of rotatable bonds is 6. The Morgan fingerprint density at radius 2 is 1.71 bits per heavy atom. The van der Waals surface area contributed by atoms with Crippen LogP contribution in [0.3, 0.4) is 0 Å². The number of amides is 1. The largest absolute Gasteiger partial charge is 0.418 e. The Balaban J connectivity index is 2.54. The molecule has 1 aliphatic rings. The molecular weight excluding hydrogens is 241 g/mol. The molecule has 1 rings (SSSR count). The van der Waals surface area contributed by atoms with Gasteiger partial charge in [-0.2, -0.15) is 0 Å². The van der Waals surface area contributed by atoms with Crippen LogP contribution in [0.5, 0.6) is 0 Å². The molecule has 1 N–H and O–H groups in total. The van der Waals surface area contributed by atoms with Gasteiger partial charge in [0.25, 0.3) is 0 Å². The summed E-state index contributed by atoms with van der Waals surface area (Å²) in [7, 11) is -3.63. The third-order valence-corrected chi connectivity index (χ3v) is 4.60. The summed E-state index contributed by atoms with van der Waals surface area (Å²) in [5.74, 6) is 0. The van der Waals surface area contributed by atoms with E-state index in [9.17, 15) is 9.36 Å². The summed E-state index contributed by atoms with van der Waals surface area (Å²) in [6.07, 6.45) is 5.33. The topological polar surface area (TPSA) is 64.6 Å². The minimum absolute atomic E-state index is 0.116. The summed E-state index contributed by atoms with van der Waals surface area (Å²) >= 11 is 0. The lowest BCUT2D eigenvalue weighted by atomic mass is 9.96. The summed E-state index contributed by atoms with van der Waals surface area (Å²) < 4.78 is 22.1. The van der Waals surface area contributed by atoms with Crippen molar-refractivity contribution in [2.45, 2.75) is 52.0 Å². The van der Waals surface area contributed by atoms with Gasteiger partial charge in [-0.3, -0.25) is 4.79 Å². The quantitative estimate of drug-likeness (QED) is 0.747. The van der Waals surface area contributed by atoms with Crippen LogP contribution in [0.2, 0.25) is 0 Å². The molecular formula is C11H22NO4P. The van der Waals surface area contributed by atoms with Crippen molar-refractivity contribution in [2.75, 3.05) is 13.2 Å². The minimum atomic E-state index is -3.63. The van der Waals surface area contributed by atoms with Crippen LogP contribution in [0.4, 0.5) is 4.79 Å². The molecule has 0 spiro atoms. The average molecular weight is 263 g/mol. The Kier molecular flexibility index (Phi) is 6.17. The molecule has 0 saturated heterocycles. The highest BCUT2D eigenvalue weighted by molar-refractivity contribution is 7.71. The van der Waals surface area contributed by atoms with Gasteiger partial charge < -0.3 is 14.4 Å². The Bertz CT molecular complexity index is 279. The van der Waals surface area contributed by atoms with E-state index in [1.165, 1.54) is 6.42 Å². The smallest absolute Gasteiger partial charge is 0.343 e. The Morgan fingerprint density at radius 1 is 1.18 bits per heavy atom. The van der Waals surface area contributed by atoms with Crippen molar-refractivity contribution in [3.63, 3.8) is 0 Å². The van der Waals surface area contributed by atoms with Gasteiger partial charge in [-0.15, -0.1) is 0 Å². The van der Waals surface area contributed by atoms with Gasteiger partial charge in [-0.1, -0.05) is 19.3 Å². The van der Waals surface area contributed by atoms with E-state index in [-0.39, 0.29) is 19.3 Å². The lowest BCUT2D eigenvalue weighted by Gasteiger charge is -2.24. The van der Waals surface area contributed by atoms with Crippen LogP contribution in [0.15, 0.2) is 0 Å². The number of hydrogen-bond donors (Lipinski definition) is 1. The van der Waals surface area contributed by atoms with Crippen LogP contribution in [0.1, 0.15) is 46.0 Å². The lowest BCUT2D eigenvalue weighted by molar-refractivity contribution is 0.204. The second-order valence-electron chi connectivity index (χ2n) is 4.12. The average Bonchev–Trinajstić information content (AvgIpc) is 2.31. The van der Waals surface area contributed by atoms with Gasteiger partial charge in [0.05, 0.1) is 13.2 Å². The van der Waals surface area contributed by atoms with E-state index in [2.05, 4.69) is 5.32 Å². The highest BCUT2D eigenvalue weighted by Gasteiger charge is 2.35. The van der Waals surface area contributed by atoms with Crippen LogP contribution in [0.25, 0.3) is 0 Å². The Labute approximate surface area is 103 Å². The van der Waals surface area contributed by atoms with E-state index in [0.717, 1.165) is 25.7 Å². The molecule has 0 bridgehead atoms. The van der Waals surface area contributed by atoms with E-state index < -0.39 is 13.2 Å². The third-order valence-electron chi connectivity index (χ3n) is 2.78. The predicted molar refractivity (Wildman–Crippen MR) is 66.3 cm³/mol. The van der Waals surface area contributed by atoms with Crippen molar-refractivity contribution < 1.29 is 18.4 Å². The predicted octanol–water partition coefficient (Wildman–Crippen LogP) is 3.29. The fraction of sp³-hybridized carbons (Fsp3) is 0.909. The summed E-state index contributed by atoms with van der Waals surface area (Å²) in [5, 5.41) is 2.78. The second-order valence-corrected chi connectivity index (χ2v) is 6.03. The molecule has 100 valence electrons. The summed E-state index contributed by atoms with van der Waals surface area (Å²) in [4.78, 5) is 11.9. The highest BCUT2D eigenvalue weighted by atomic mass is 31.2. The molecule has 1 amide bonds. The molecule has 1 aliphatic carbocycles. The molecule has 6 heteroatoms. The third kappa shape index (κ3) is 4.41. The van der Waals surface area contributed by atoms with Crippen LogP contribution in [-0.4, -0.2) is 24.9 Å². The lowest BCUT2D eigenvalue weighted by Crippen LogP contribution is -2.35. The van der Waals surface area contributed by atoms with Crippen LogP contribution in [-0.2, 0) is 13.6 Å². The van der Waals surface area contributed by atoms with Crippen molar-refractivity contribution >= 4 is 13.2 Å². The van der Waals surface area contributed by atoms with Gasteiger partial charge in [-0.25, -0.2) is 4.57 Å². The molecule has 0 unspecified atom stereocenters. The standard InChI is InChI=1S/C11H22NO4P/c1-3-15-17(14,16-4-2)11(13)12-10-8-6-5-7-9-10/h10H,3-9H2,1-2H3,(H,12,13). The van der Waals surface area contributed by atoms with Crippen molar-refractivity contribution in [3.8, 4) is 0 Å². The highest BCUT2D eigenvalue weighted by Crippen LogP contribution is 2.48. The van der Waals surface area contributed by atoms with Crippen molar-refractivity contribution in [2.24, 2.45) is 0 Å². The summed E-state index contributed by atoms with van der Waals surface area (Å²) in [5.41, 5.74) is -0.590. The molecule has 0 aromatic carbocycles. The number of carbonyl (C=O) groups excluding carboxylic acids is 1. The maximum absolute atomic E-state index is 12.1. The molecule has 17 heavy (non-hydrogen) atoms. The zero-order valence-corrected chi connectivity index (χ0v) is 11.5. The first kappa shape index (κ1) is 14.7. The SMILES string of the molecule is CCOP(=O)(OCC)C(=O)NC1CCCCC1. The molecule has 0 heterocycles. The fourth-order valence-corrected chi connectivity index (χ4v) is 3.32. The molecule has 1 saturated carbocycles. The molecule has 0 aromatic rings. The first-order valence-electron chi connectivity index (χ1n) is 6.32. The molecule has 5 nitrogen and oxygen atoms in total. The molecule has 1 fully saturated rings. The van der Waals surface area contributed by atoms with Gasteiger partial charge in [-0.05, 0) is 26.7 Å². The molecule has 0 aliphatic heterocycles. The number of carbonyl (C=O) groups is 1. The van der Waals surface area contributed by atoms with Gasteiger partial charge in [0.15, 0.2) is 0 Å². The zero-order valence-electron chi connectivity index (χ0n) is 10.6.